The standard InChI is InChI=1S/C21H23ClN4O2/c1-15-8-9-20(28-15)17-14-19(21(27)23-10-13-25-11-4-5-12-25)26(24-17)18-7-3-2-6-16(18)22/h2-3,6-9,14H,4-5,10-13H2,1H3,(H,23,27). The van der Waals surface area contributed by atoms with Crippen molar-refractivity contribution in [2.24, 2.45) is 0 Å². The fraction of sp³-hybridized carbons (Fsp3) is 0.333. The molecule has 3 heterocycles. The first-order valence-corrected chi connectivity index (χ1v) is 9.92. The molecule has 3 aromatic rings. The average Bonchev–Trinajstić information content (AvgIpc) is 3.42. The van der Waals surface area contributed by atoms with Gasteiger partial charge in [0, 0.05) is 19.2 Å². The summed E-state index contributed by atoms with van der Waals surface area (Å²) in [4.78, 5) is 15.3. The molecule has 1 aliphatic heterocycles. The van der Waals surface area contributed by atoms with E-state index in [-0.39, 0.29) is 5.91 Å². The Balaban J connectivity index is 1.61. The van der Waals surface area contributed by atoms with Crippen molar-refractivity contribution in [3.8, 4) is 17.1 Å². The lowest BCUT2D eigenvalue weighted by Crippen LogP contribution is -2.34. The van der Waals surface area contributed by atoms with E-state index in [1.807, 2.05) is 37.3 Å². The molecule has 146 valence electrons. The Morgan fingerprint density at radius 1 is 1.21 bits per heavy atom. The molecule has 0 atom stereocenters. The molecule has 0 radical (unpaired) electrons. The van der Waals surface area contributed by atoms with Crippen LogP contribution in [0.2, 0.25) is 5.02 Å². The molecule has 4 rings (SSSR count). The van der Waals surface area contributed by atoms with E-state index < -0.39 is 0 Å². The van der Waals surface area contributed by atoms with Gasteiger partial charge in [0.2, 0.25) is 0 Å². The molecule has 1 amide bonds. The molecule has 2 aromatic heterocycles. The highest BCUT2D eigenvalue weighted by molar-refractivity contribution is 6.32. The third-order valence-electron chi connectivity index (χ3n) is 4.93. The highest BCUT2D eigenvalue weighted by Crippen LogP contribution is 2.26. The van der Waals surface area contributed by atoms with Gasteiger partial charge >= 0.3 is 0 Å². The summed E-state index contributed by atoms with van der Waals surface area (Å²) in [5.41, 5.74) is 1.68. The zero-order valence-electron chi connectivity index (χ0n) is 15.8. The van der Waals surface area contributed by atoms with Crippen molar-refractivity contribution < 1.29 is 9.21 Å². The fourth-order valence-corrected chi connectivity index (χ4v) is 3.68. The Morgan fingerprint density at radius 2 is 2.00 bits per heavy atom. The lowest BCUT2D eigenvalue weighted by atomic mass is 10.2. The van der Waals surface area contributed by atoms with Crippen LogP contribution in [0.1, 0.15) is 29.1 Å². The monoisotopic (exact) mass is 398 g/mol. The number of aryl methyl sites for hydroxylation is 1. The molecule has 0 spiro atoms. The number of nitrogens with one attached hydrogen (secondary N) is 1. The Bertz CT molecular complexity index is 972. The number of aromatic nitrogens is 2. The Kier molecular flexibility index (Phi) is 5.50. The molecule has 1 aromatic carbocycles. The number of benzene rings is 1. The zero-order chi connectivity index (χ0) is 19.5. The average molecular weight is 399 g/mol. The first kappa shape index (κ1) is 18.8. The summed E-state index contributed by atoms with van der Waals surface area (Å²) in [6.45, 7) is 5.54. The SMILES string of the molecule is Cc1ccc(-c2cc(C(=O)NCCN3CCCC3)n(-c3ccccc3Cl)n2)o1. The second-order valence-electron chi connectivity index (χ2n) is 6.99. The summed E-state index contributed by atoms with van der Waals surface area (Å²) in [5, 5.41) is 8.14. The predicted molar refractivity (Wildman–Crippen MR) is 109 cm³/mol. The van der Waals surface area contributed by atoms with Gasteiger partial charge in [0.25, 0.3) is 5.91 Å². The number of hydrogen-bond acceptors (Lipinski definition) is 4. The van der Waals surface area contributed by atoms with Crippen LogP contribution in [0, 0.1) is 6.92 Å². The number of carbonyl (C=O) groups is 1. The number of rotatable bonds is 6. The Morgan fingerprint density at radius 3 is 2.71 bits per heavy atom. The minimum atomic E-state index is -0.179. The van der Waals surface area contributed by atoms with Crippen molar-refractivity contribution in [1.82, 2.24) is 20.0 Å². The van der Waals surface area contributed by atoms with Gasteiger partial charge in [-0.3, -0.25) is 4.79 Å². The fourth-order valence-electron chi connectivity index (χ4n) is 3.47. The first-order valence-electron chi connectivity index (χ1n) is 9.54. The predicted octanol–water partition coefficient (Wildman–Crippen LogP) is 3.92. The molecular weight excluding hydrogens is 376 g/mol. The maximum atomic E-state index is 12.9. The van der Waals surface area contributed by atoms with E-state index in [1.54, 1.807) is 16.8 Å². The summed E-state index contributed by atoms with van der Waals surface area (Å²) in [7, 11) is 0. The van der Waals surface area contributed by atoms with Crippen LogP contribution in [0.3, 0.4) is 0 Å². The molecule has 1 fully saturated rings. The number of hydrogen-bond donors (Lipinski definition) is 1. The molecule has 28 heavy (non-hydrogen) atoms. The molecule has 6 nitrogen and oxygen atoms in total. The maximum absolute atomic E-state index is 12.9. The van der Waals surface area contributed by atoms with Gasteiger partial charge in [-0.2, -0.15) is 5.10 Å². The summed E-state index contributed by atoms with van der Waals surface area (Å²) in [6.07, 6.45) is 2.47. The van der Waals surface area contributed by atoms with Crippen molar-refractivity contribution in [3.05, 3.63) is 58.9 Å². The normalized spacial score (nSPS) is 14.5. The number of furan rings is 1. The van der Waals surface area contributed by atoms with Gasteiger partial charge in [-0.15, -0.1) is 0 Å². The van der Waals surface area contributed by atoms with E-state index in [1.165, 1.54) is 12.8 Å². The summed E-state index contributed by atoms with van der Waals surface area (Å²) in [5.74, 6) is 1.23. The van der Waals surface area contributed by atoms with Crippen LogP contribution in [0.15, 0.2) is 46.9 Å². The molecule has 0 bridgehead atoms. The third-order valence-corrected chi connectivity index (χ3v) is 5.25. The van der Waals surface area contributed by atoms with Crippen LogP contribution in [-0.2, 0) is 0 Å². The summed E-state index contributed by atoms with van der Waals surface area (Å²) in [6, 6.07) is 12.8. The van der Waals surface area contributed by atoms with Gasteiger partial charge in [-0.25, -0.2) is 4.68 Å². The summed E-state index contributed by atoms with van der Waals surface area (Å²) < 4.78 is 7.27. The Labute approximate surface area is 169 Å². The molecule has 1 aliphatic rings. The molecular formula is C21H23ClN4O2. The third kappa shape index (κ3) is 3.98. The number of likely N-dealkylation sites (tertiary alicyclic amines) is 1. The van der Waals surface area contributed by atoms with E-state index in [0.29, 0.717) is 34.4 Å². The van der Waals surface area contributed by atoms with Crippen LogP contribution in [0.25, 0.3) is 17.1 Å². The minimum absolute atomic E-state index is 0.179. The quantitative estimate of drug-likeness (QED) is 0.683. The number of carbonyl (C=O) groups excluding carboxylic acids is 1. The zero-order valence-corrected chi connectivity index (χ0v) is 16.6. The molecule has 1 saturated heterocycles. The van der Waals surface area contributed by atoms with Crippen LogP contribution in [0.4, 0.5) is 0 Å². The molecule has 7 heteroatoms. The van der Waals surface area contributed by atoms with Crippen molar-refractivity contribution >= 4 is 17.5 Å². The van der Waals surface area contributed by atoms with Gasteiger partial charge in [-0.1, -0.05) is 23.7 Å². The van der Waals surface area contributed by atoms with E-state index in [4.69, 9.17) is 16.0 Å². The van der Waals surface area contributed by atoms with E-state index in [0.717, 1.165) is 25.4 Å². The van der Waals surface area contributed by atoms with Crippen molar-refractivity contribution in [2.75, 3.05) is 26.2 Å². The van der Waals surface area contributed by atoms with Crippen molar-refractivity contribution in [2.45, 2.75) is 19.8 Å². The number of halogens is 1. The lowest BCUT2D eigenvalue weighted by molar-refractivity contribution is 0.0942. The van der Waals surface area contributed by atoms with Gasteiger partial charge < -0.3 is 14.6 Å². The second-order valence-corrected chi connectivity index (χ2v) is 7.40. The molecule has 0 unspecified atom stereocenters. The number of para-hydroxylation sites is 1. The molecule has 0 aliphatic carbocycles. The van der Waals surface area contributed by atoms with Gasteiger partial charge in [-0.05, 0) is 57.1 Å². The molecule has 0 saturated carbocycles. The molecule has 1 N–H and O–H groups in total. The smallest absolute Gasteiger partial charge is 0.270 e. The van der Waals surface area contributed by atoms with E-state index >= 15 is 0 Å². The van der Waals surface area contributed by atoms with Gasteiger partial charge in [0.1, 0.15) is 17.1 Å². The maximum Gasteiger partial charge on any atom is 0.270 e. The largest absolute Gasteiger partial charge is 0.460 e. The van der Waals surface area contributed by atoms with Gasteiger partial charge in [0.15, 0.2) is 5.76 Å². The van der Waals surface area contributed by atoms with Crippen LogP contribution >= 0.6 is 11.6 Å². The van der Waals surface area contributed by atoms with E-state index in [2.05, 4.69) is 15.3 Å². The highest BCUT2D eigenvalue weighted by Gasteiger charge is 2.20. The van der Waals surface area contributed by atoms with Gasteiger partial charge in [0.05, 0.1) is 10.7 Å². The summed E-state index contributed by atoms with van der Waals surface area (Å²) >= 11 is 6.36. The number of nitrogens with zero attached hydrogens (tertiary/aromatic N) is 3. The number of amides is 1. The van der Waals surface area contributed by atoms with Crippen molar-refractivity contribution in [1.29, 1.82) is 0 Å². The van der Waals surface area contributed by atoms with Crippen LogP contribution in [0.5, 0.6) is 0 Å². The topological polar surface area (TPSA) is 63.3 Å². The first-order chi connectivity index (χ1) is 13.6. The van der Waals surface area contributed by atoms with Crippen LogP contribution < -0.4 is 5.32 Å². The highest BCUT2D eigenvalue weighted by atomic mass is 35.5. The minimum Gasteiger partial charge on any atom is -0.460 e. The lowest BCUT2D eigenvalue weighted by Gasteiger charge is -2.15. The van der Waals surface area contributed by atoms with Crippen molar-refractivity contribution in [3.63, 3.8) is 0 Å². The van der Waals surface area contributed by atoms with E-state index in [9.17, 15) is 4.79 Å². The Hall–Kier alpha value is -2.57. The van der Waals surface area contributed by atoms with Crippen LogP contribution in [-0.4, -0.2) is 46.8 Å². The second kappa shape index (κ2) is 8.20.